The molecule has 0 aromatic carbocycles. The summed E-state index contributed by atoms with van der Waals surface area (Å²) < 4.78 is 0. The molecule has 3 nitrogen and oxygen atoms in total. The van der Waals surface area contributed by atoms with Gasteiger partial charge in [0.05, 0.1) is 0 Å². The molecule has 0 saturated carbocycles. The molecule has 0 aliphatic carbocycles. The lowest BCUT2D eigenvalue weighted by Crippen LogP contribution is -2.35. The van der Waals surface area contributed by atoms with Gasteiger partial charge in [-0.05, 0) is 40.0 Å². The van der Waals surface area contributed by atoms with Gasteiger partial charge in [-0.3, -0.25) is 0 Å². The summed E-state index contributed by atoms with van der Waals surface area (Å²) in [5, 5.41) is 3.48. The quantitative estimate of drug-likeness (QED) is 0.554. The van der Waals surface area contributed by atoms with Crippen molar-refractivity contribution in [3.05, 3.63) is 0 Å². The Morgan fingerprint density at radius 1 is 0.800 bits per heavy atom. The van der Waals surface area contributed by atoms with Gasteiger partial charge in [0.15, 0.2) is 0 Å². The van der Waals surface area contributed by atoms with Gasteiger partial charge in [-0.2, -0.15) is 0 Å². The van der Waals surface area contributed by atoms with E-state index in [0.29, 0.717) is 0 Å². The first kappa shape index (κ1) is 14.9. The summed E-state index contributed by atoms with van der Waals surface area (Å²) in [7, 11) is 4.23. The van der Waals surface area contributed by atoms with Crippen molar-refractivity contribution in [3.8, 4) is 0 Å². The van der Waals surface area contributed by atoms with Crippen LogP contribution in [0.1, 0.15) is 26.7 Å². The van der Waals surface area contributed by atoms with Crippen LogP contribution in [-0.2, 0) is 0 Å². The molecule has 0 aromatic rings. The Kier molecular flexibility index (Phi) is 10.3. The van der Waals surface area contributed by atoms with Crippen LogP contribution in [-0.4, -0.2) is 63.2 Å². The average Bonchev–Trinajstić information content (AvgIpc) is 2.17. The number of nitrogens with zero attached hydrogens (tertiary/aromatic N) is 2. The molecule has 3 heteroatoms. The van der Waals surface area contributed by atoms with Crippen LogP contribution in [0.3, 0.4) is 0 Å². The molecule has 0 aromatic heterocycles. The summed E-state index contributed by atoms with van der Waals surface area (Å²) in [6, 6.07) is 0. The van der Waals surface area contributed by atoms with Gasteiger partial charge in [-0.25, -0.2) is 0 Å². The molecule has 0 aliphatic rings. The average molecular weight is 215 g/mol. The Hall–Kier alpha value is -0.120. The number of rotatable bonds is 10. The lowest BCUT2D eigenvalue weighted by molar-refractivity contribution is 0.272. The van der Waals surface area contributed by atoms with Crippen LogP contribution in [0.5, 0.6) is 0 Å². The van der Waals surface area contributed by atoms with E-state index in [4.69, 9.17) is 0 Å². The zero-order valence-electron chi connectivity index (χ0n) is 11.1. The smallest absolute Gasteiger partial charge is 0.0107 e. The van der Waals surface area contributed by atoms with Gasteiger partial charge >= 0.3 is 0 Å². The van der Waals surface area contributed by atoms with E-state index in [0.717, 1.165) is 19.6 Å². The van der Waals surface area contributed by atoms with Crippen molar-refractivity contribution in [3.63, 3.8) is 0 Å². The van der Waals surface area contributed by atoms with Crippen LogP contribution >= 0.6 is 0 Å². The van der Waals surface area contributed by atoms with Crippen LogP contribution in [0.15, 0.2) is 0 Å². The van der Waals surface area contributed by atoms with Crippen molar-refractivity contribution in [2.24, 2.45) is 0 Å². The van der Waals surface area contributed by atoms with Crippen molar-refractivity contribution >= 4 is 0 Å². The minimum Gasteiger partial charge on any atom is -0.314 e. The van der Waals surface area contributed by atoms with Crippen molar-refractivity contribution in [2.45, 2.75) is 26.7 Å². The monoisotopic (exact) mass is 215 g/mol. The maximum absolute atomic E-state index is 3.48. The maximum atomic E-state index is 3.48. The maximum Gasteiger partial charge on any atom is 0.0107 e. The Morgan fingerprint density at radius 2 is 1.33 bits per heavy atom. The minimum absolute atomic E-state index is 1.10. The van der Waals surface area contributed by atoms with E-state index in [1.807, 2.05) is 0 Å². The second-order valence-corrected chi connectivity index (χ2v) is 4.39. The predicted molar refractivity (Wildman–Crippen MR) is 68.4 cm³/mol. The fraction of sp³-hybridized carbons (Fsp3) is 1.00. The predicted octanol–water partition coefficient (Wildman–Crippen LogP) is 1.26. The molecule has 0 atom stereocenters. The van der Waals surface area contributed by atoms with Crippen LogP contribution in [0.4, 0.5) is 0 Å². The van der Waals surface area contributed by atoms with Gasteiger partial charge < -0.3 is 15.1 Å². The molecule has 92 valence electrons. The van der Waals surface area contributed by atoms with E-state index in [1.165, 1.54) is 32.5 Å². The molecule has 0 amide bonds. The van der Waals surface area contributed by atoms with Gasteiger partial charge in [-0.1, -0.05) is 13.8 Å². The molecule has 15 heavy (non-hydrogen) atoms. The van der Waals surface area contributed by atoms with E-state index in [1.54, 1.807) is 0 Å². The zero-order valence-corrected chi connectivity index (χ0v) is 11.1. The van der Waals surface area contributed by atoms with Crippen LogP contribution in [0.2, 0.25) is 0 Å². The highest BCUT2D eigenvalue weighted by Gasteiger charge is 2.00. The topological polar surface area (TPSA) is 18.5 Å². The fourth-order valence-corrected chi connectivity index (χ4v) is 1.63. The fourth-order valence-electron chi connectivity index (χ4n) is 1.63. The lowest BCUT2D eigenvalue weighted by atomic mass is 10.3. The minimum atomic E-state index is 1.10. The molecule has 0 aliphatic heterocycles. The van der Waals surface area contributed by atoms with Crippen molar-refractivity contribution in [1.29, 1.82) is 0 Å². The summed E-state index contributed by atoms with van der Waals surface area (Å²) in [5.41, 5.74) is 0. The standard InChI is InChI=1S/C12H29N3/c1-5-9-15(10-6-2)12-8-13-7-11-14(3)4/h13H,5-12H2,1-4H3. The highest BCUT2D eigenvalue weighted by atomic mass is 15.1. The Labute approximate surface area is 95.8 Å². The molecule has 1 N–H and O–H groups in total. The Balaban J connectivity index is 3.36. The van der Waals surface area contributed by atoms with Gasteiger partial charge in [0.2, 0.25) is 0 Å². The summed E-state index contributed by atoms with van der Waals surface area (Å²) in [4.78, 5) is 4.76. The van der Waals surface area contributed by atoms with Crippen LogP contribution in [0, 0.1) is 0 Å². The van der Waals surface area contributed by atoms with Gasteiger partial charge in [0, 0.05) is 26.2 Å². The molecular formula is C12H29N3. The molecule has 0 bridgehead atoms. The SMILES string of the molecule is CCCN(CCC)CCNCCN(C)C. The van der Waals surface area contributed by atoms with E-state index in [-0.39, 0.29) is 0 Å². The number of nitrogens with one attached hydrogen (secondary N) is 1. The van der Waals surface area contributed by atoms with Crippen molar-refractivity contribution < 1.29 is 0 Å². The zero-order chi connectivity index (χ0) is 11.5. The van der Waals surface area contributed by atoms with E-state index >= 15 is 0 Å². The third-order valence-corrected chi connectivity index (χ3v) is 2.42. The van der Waals surface area contributed by atoms with Crippen LogP contribution in [0.25, 0.3) is 0 Å². The summed E-state index contributed by atoms with van der Waals surface area (Å²) in [6.07, 6.45) is 2.52. The molecule has 0 fully saturated rings. The third-order valence-electron chi connectivity index (χ3n) is 2.42. The second-order valence-electron chi connectivity index (χ2n) is 4.39. The molecule has 0 spiro atoms. The van der Waals surface area contributed by atoms with Crippen molar-refractivity contribution in [2.75, 3.05) is 53.4 Å². The first-order chi connectivity index (χ1) is 7.20. The summed E-state index contributed by atoms with van der Waals surface area (Å²) >= 11 is 0. The van der Waals surface area contributed by atoms with Crippen LogP contribution < -0.4 is 5.32 Å². The van der Waals surface area contributed by atoms with Gasteiger partial charge in [0.25, 0.3) is 0 Å². The lowest BCUT2D eigenvalue weighted by Gasteiger charge is -2.21. The highest BCUT2D eigenvalue weighted by molar-refractivity contribution is 4.59. The molecule has 0 unspecified atom stereocenters. The van der Waals surface area contributed by atoms with Gasteiger partial charge in [-0.15, -0.1) is 0 Å². The molecule has 0 radical (unpaired) electrons. The number of hydrogen-bond donors (Lipinski definition) is 1. The summed E-state index contributed by atoms with van der Waals surface area (Å²) in [5.74, 6) is 0. The Morgan fingerprint density at radius 3 is 1.80 bits per heavy atom. The number of likely N-dealkylation sites (N-methyl/N-ethyl adjacent to an activating group) is 1. The molecule has 0 heterocycles. The largest absolute Gasteiger partial charge is 0.314 e. The van der Waals surface area contributed by atoms with Crippen molar-refractivity contribution in [1.82, 2.24) is 15.1 Å². The van der Waals surface area contributed by atoms with E-state index in [2.05, 4.69) is 43.1 Å². The van der Waals surface area contributed by atoms with E-state index < -0.39 is 0 Å². The van der Waals surface area contributed by atoms with Gasteiger partial charge in [0.1, 0.15) is 0 Å². The highest BCUT2D eigenvalue weighted by Crippen LogP contribution is 1.92. The summed E-state index contributed by atoms with van der Waals surface area (Å²) in [6.45, 7) is 11.5. The first-order valence-electron chi connectivity index (χ1n) is 6.28. The first-order valence-corrected chi connectivity index (χ1v) is 6.28. The van der Waals surface area contributed by atoms with E-state index in [9.17, 15) is 0 Å². The number of hydrogen-bond acceptors (Lipinski definition) is 3. The normalized spacial score (nSPS) is 11.6. The third kappa shape index (κ3) is 10.2. The molecule has 0 rings (SSSR count). The second kappa shape index (κ2) is 10.4. The molecular weight excluding hydrogens is 186 g/mol. The molecule has 0 saturated heterocycles. The Bertz CT molecular complexity index is 120.